The zero-order chi connectivity index (χ0) is 15.9. The first-order chi connectivity index (χ1) is 10.0. The molecule has 0 bridgehead atoms. The highest BCUT2D eigenvalue weighted by Gasteiger charge is 2.40. The van der Waals surface area contributed by atoms with Crippen LogP contribution in [0.15, 0.2) is 29.4 Å². The molecule has 0 fully saturated rings. The monoisotopic (exact) mass is 307 g/mol. The molecule has 1 aromatic rings. The van der Waals surface area contributed by atoms with Crippen LogP contribution in [0.1, 0.15) is 0 Å². The number of hydrazone groups is 1. The van der Waals surface area contributed by atoms with E-state index in [1.807, 2.05) is 0 Å². The van der Waals surface area contributed by atoms with Crippen LogP contribution in [0, 0.1) is 16.7 Å². The fourth-order valence-corrected chi connectivity index (χ4v) is 3.40. The van der Waals surface area contributed by atoms with Crippen LogP contribution in [0.5, 0.6) is 0 Å². The van der Waals surface area contributed by atoms with Crippen molar-refractivity contribution in [3.63, 3.8) is 0 Å². The van der Waals surface area contributed by atoms with Gasteiger partial charge < -0.3 is 19.0 Å². The first kappa shape index (κ1) is 16.8. The van der Waals surface area contributed by atoms with Gasteiger partial charge in [0, 0.05) is 26.5 Å². The Balaban J connectivity index is 2.93. The van der Waals surface area contributed by atoms with Gasteiger partial charge in [-0.2, -0.15) is 10.4 Å². The quantitative estimate of drug-likeness (QED) is 0.282. The van der Waals surface area contributed by atoms with Crippen molar-refractivity contribution in [3.05, 3.63) is 24.3 Å². The van der Waals surface area contributed by atoms with Gasteiger partial charge in [-0.15, -0.1) is 0 Å². The zero-order valence-corrected chi connectivity index (χ0v) is 13.0. The van der Waals surface area contributed by atoms with Gasteiger partial charge in [0.2, 0.25) is 5.71 Å². The van der Waals surface area contributed by atoms with Crippen LogP contribution in [-0.4, -0.2) is 41.7 Å². The molecule has 0 spiro atoms. The first-order valence-corrected chi connectivity index (χ1v) is 7.59. The lowest BCUT2D eigenvalue weighted by atomic mass is 10.3. The Bertz CT molecular complexity index is 555. The van der Waals surface area contributed by atoms with E-state index in [0.717, 1.165) is 5.19 Å². The molecule has 1 rings (SSSR count). The molecule has 8 nitrogen and oxygen atoms in total. The number of benzene rings is 1. The van der Waals surface area contributed by atoms with Gasteiger partial charge in [0.15, 0.2) is 5.84 Å². The molecule has 0 saturated carbocycles. The molecule has 0 aliphatic rings. The van der Waals surface area contributed by atoms with Crippen LogP contribution in [0.3, 0.4) is 0 Å². The lowest BCUT2D eigenvalue weighted by molar-refractivity contribution is 0.140. The summed E-state index contributed by atoms with van der Waals surface area (Å²) in [5.74, 6) is -0.397. The summed E-state index contributed by atoms with van der Waals surface area (Å²) in [5.41, 5.74) is 8.28. The average Bonchev–Trinajstić information content (AvgIpc) is 2.51. The standard InChI is InChI=1S/C12H17N5O3Si/c1-18-21(19-2,20-3)10-6-4-9(5-7-10)16-17-11(8-13)12(14)15/h4-7,16H,1-3H3,(H3,14,15)/b17-11+. The van der Waals surface area contributed by atoms with Gasteiger partial charge in [-0.3, -0.25) is 10.8 Å². The molecule has 0 amide bonds. The van der Waals surface area contributed by atoms with E-state index in [1.54, 1.807) is 30.3 Å². The summed E-state index contributed by atoms with van der Waals surface area (Å²) in [6.45, 7) is 0. The Kier molecular flexibility index (Phi) is 6.01. The summed E-state index contributed by atoms with van der Waals surface area (Å²) in [4.78, 5) is 0. The van der Waals surface area contributed by atoms with E-state index < -0.39 is 14.6 Å². The van der Waals surface area contributed by atoms with Crippen LogP contribution in [0.25, 0.3) is 0 Å². The zero-order valence-electron chi connectivity index (χ0n) is 12.0. The minimum absolute atomic E-state index is 0.187. The Hall–Kier alpha value is -2.25. The number of rotatable bonds is 7. The van der Waals surface area contributed by atoms with Crippen molar-refractivity contribution >= 4 is 31.2 Å². The van der Waals surface area contributed by atoms with E-state index in [0.29, 0.717) is 5.69 Å². The molecule has 0 heterocycles. The lowest BCUT2D eigenvalue weighted by Gasteiger charge is -2.24. The normalized spacial score (nSPS) is 11.8. The van der Waals surface area contributed by atoms with Gasteiger partial charge in [0.05, 0.1) is 5.69 Å². The molecule has 0 aliphatic heterocycles. The third kappa shape index (κ3) is 3.86. The summed E-state index contributed by atoms with van der Waals surface area (Å²) in [7, 11) is 1.73. The van der Waals surface area contributed by atoms with Gasteiger partial charge in [0.25, 0.3) is 0 Å². The summed E-state index contributed by atoms with van der Waals surface area (Å²) < 4.78 is 16.1. The second-order valence-corrected chi connectivity index (χ2v) is 6.76. The molecule has 0 aromatic heterocycles. The van der Waals surface area contributed by atoms with Crippen molar-refractivity contribution in [1.82, 2.24) is 0 Å². The Morgan fingerprint density at radius 1 is 1.24 bits per heavy atom. The summed E-state index contributed by atoms with van der Waals surface area (Å²) in [6, 6.07) is 8.73. The molecule has 21 heavy (non-hydrogen) atoms. The second-order valence-electron chi connectivity index (χ2n) is 3.84. The van der Waals surface area contributed by atoms with Crippen LogP contribution in [0.2, 0.25) is 0 Å². The fourth-order valence-electron chi connectivity index (χ4n) is 1.62. The van der Waals surface area contributed by atoms with E-state index in [-0.39, 0.29) is 5.71 Å². The molecule has 0 unspecified atom stereocenters. The van der Waals surface area contributed by atoms with Crippen molar-refractivity contribution < 1.29 is 13.3 Å². The van der Waals surface area contributed by atoms with Gasteiger partial charge in [0.1, 0.15) is 6.07 Å². The molecular weight excluding hydrogens is 290 g/mol. The molecule has 4 N–H and O–H groups in total. The Morgan fingerprint density at radius 3 is 2.14 bits per heavy atom. The van der Waals surface area contributed by atoms with E-state index >= 15 is 0 Å². The van der Waals surface area contributed by atoms with Crippen molar-refractivity contribution in [2.75, 3.05) is 26.8 Å². The predicted octanol–water partition coefficient (Wildman–Crippen LogP) is -0.000850. The number of hydrogen-bond donors (Lipinski definition) is 3. The Labute approximate surface area is 124 Å². The molecule has 0 radical (unpaired) electrons. The smallest absolute Gasteiger partial charge is 0.382 e. The van der Waals surface area contributed by atoms with Gasteiger partial charge in [-0.25, -0.2) is 0 Å². The van der Waals surface area contributed by atoms with Crippen LogP contribution in [0.4, 0.5) is 5.69 Å². The molecule has 1 aromatic carbocycles. The summed E-state index contributed by atoms with van der Waals surface area (Å²) >= 11 is 0. The molecule has 112 valence electrons. The van der Waals surface area contributed by atoms with Crippen molar-refractivity contribution in [2.45, 2.75) is 0 Å². The number of hydrogen-bond acceptors (Lipinski definition) is 7. The second kappa shape index (κ2) is 7.51. The van der Waals surface area contributed by atoms with Gasteiger partial charge in [-0.05, 0) is 12.1 Å². The van der Waals surface area contributed by atoms with Crippen molar-refractivity contribution in [2.24, 2.45) is 10.8 Å². The molecule has 0 atom stereocenters. The van der Waals surface area contributed by atoms with E-state index in [1.165, 1.54) is 21.3 Å². The number of nitrogens with one attached hydrogen (secondary N) is 2. The van der Waals surface area contributed by atoms with E-state index in [4.69, 9.17) is 29.7 Å². The number of anilines is 1. The number of nitrogens with two attached hydrogens (primary N) is 1. The van der Waals surface area contributed by atoms with E-state index in [9.17, 15) is 0 Å². The number of nitriles is 1. The van der Waals surface area contributed by atoms with Crippen LogP contribution in [-0.2, 0) is 13.3 Å². The maximum Gasteiger partial charge on any atom is 0.536 e. The van der Waals surface area contributed by atoms with Crippen molar-refractivity contribution in [3.8, 4) is 6.07 Å². The minimum Gasteiger partial charge on any atom is -0.382 e. The highest BCUT2D eigenvalue weighted by molar-refractivity contribution is 6.75. The molecule has 0 aliphatic carbocycles. The molecule has 0 saturated heterocycles. The van der Waals surface area contributed by atoms with Crippen LogP contribution >= 0.6 is 0 Å². The molecule has 9 heteroatoms. The van der Waals surface area contributed by atoms with Crippen molar-refractivity contribution in [1.29, 1.82) is 10.7 Å². The SMILES string of the molecule is CO[Si](OC)(OC)c1ccc(N/N=C(\C#N)C(=N)N)cc1. The highest BCUT2D eigenvalue weighted by atomic mass is 28.4. The number of amidine groups is 1. The summed E-state index contributed by atoms with van der Waals surface area (Å²) in [6.07, 6.45) is 0. The third-order valence-electron chi connectivity index (χ3n) is 2.70. The molecular formula is C12H17N5O3Si. The van der Waals surface area contributed by atoms with Crippen LogP contribution < -0.4 is 16.3 Å². The minimum atomic E-state index is -2.86. The van der Waals surface area contributed by atoms with Gasteiger partial charge in [-0.1, -0.05) is 12.1 Å². The number of nitrogens with zero attached hydrogens (tertiary/aromatic N) is 2. The maximum atomic E-state index is 8.74. The third-order valence-corrected chi connectivity index (χ3v) is 5.36. The average molecular weight is 307 g/mol. The fraction of sp³-hybridized carbons (Fsp3) is 0.250. The van der Waals surface area contributed by atoms with E-state index in [2.05, 4.69) is 10.5 Å². The van der Waals surface area contributed by atoms with Gasteiger partial charge >= 0.3 is 8.80 Å². The highest BCUT2D eigenvalue weighted by Crippen LogP contribution is 2.10. The first-order valence-electron chi connectivity index (χ1n) is 5.87. The Morgan fingerprint density at radius 2 is 1.76 bits per heavy atom. The maximum absolute atomic E-state index is 8.74. The largest absolute Gasteiger partial charge is 0.536 e. The predicted molar refractivity (Wildman–Crippen MR) is 81.4 cm³/mol. The topological polar surface area (TPSA) is 126 Å². The summed E-state index contributed by atoms with van der Waals surface area (Å²) in [5, 5.41) is 20.4. The lowest BCUT2D eigenvalue weighted by Crippen LogP contribution is -2.54.